The SMILES string of the molecule is CC.CC.CC.CC.CC.CC.CC.CC.CC#CCOC.CCOC.CCOC.CCOC.CCOC.CCOC.CCOC.CCOC.CCOC.Cn1cccc1.Cn1cccn1.c1ccoc1.c1ccsc1.c1cnoc1.c1cnsc1.c1cocn1.c1cscn1. The molecule has 0 aliphatic heterocycles. The Morgan fingerprint density at radius 3 is 0.875 bits per heavy atom. The Kier molecular flexibility index (Phi) is 286. The number of nitrogens with zero attached hydrogens (tertiary/aromatic N) is 7. The van der Waals surface area contributed by atoms with Crippen molar-refractivity contribution in [3.05, 3.63) is 163 Å². The van der Waals surface area contributed by atoms with E-state index in [0.29, 0.717) is 6.61 Å². The minimum atomic E-state index is 0.552. The van der Waals surface area contributed by atoms with E-state index in [0.717, 1.165) is 52.9 Å². The van der Waals surface area contributed by atoms with E-state index in [9.17, 15) is 0 Å². The molecule has 22 heteroatoms. The number of aromatic nitrogens is 7. The summed E-state index contributed by atoms with van der Waals surface area (Å²) in [6, 6.07) is 17.2. The van der Waals surface area contributed by atoms with Crippen molar-refractivity contribution in [2.24, 2.45) is 14.1 Å². The quantitative estimate of drug-likeness (QED) is 0.124. The second kappa shape index (κ2) is 205. The van der Waals surface area contributed by atoms with Crippen LogP contribution in [-0.4, -0.2) is 157 Å². The summed E-state index contributed by atoms with van der Waals surface area (Å²) in [6.07, 6.45) is 22.0. The third-order valence-electron chi connectivity index (χ3n) is 6.33. The molecule has 8 rings (SSSR count). The molecule has 8 aromatic heterocycles. The molecule has 0 saturated heterocycles. The van der Waals surface area contributed by atoms with Crippen molar-refractivity contribution in [1.29, 1.82) is 0 Å². The maximum Gasteiger partial charge on any atom is 0.180 e. The molecule has 0 amide bonds. The van der Waals surface area contributed by atoms with E-state index < -0.39 is 0 Å². The van der Waals surface area contributed by atoms with Crippen LogP contribution in [0.2, 0.25) is 0 Å². The van der Waals surface area contributed by atoms with E-state index in [1.165, 1.54) is 30.5 Å². The van der Waals surface area contributed by atoms with Gasteiger partial charge >= 0.3 is 0 Å². The molecule has 574 valence electrons. The van der Waals surface area contributed by atoms with Crippen molar-refractivity contribution in [3.8, 4) is 11.8 Å². The zero-order valence-corrected chi connectivity index (χ0v) is 70.7. The third-order valence-corrected chi connectivity index (χ3v) is 8.01. The number of oxazole rings is 1. The zero-order chi connectivity index (χ0) is 78.2. The van der Waals surface area contributed by atoms with Crippen LogP contribution in [0, 0.1) is 11.8 Å². The molecule has 0 unspecified atom stereocenters. The van der Waals surface area contributed by atoms with Crippen molar-refractivity contribution in [1.82, 2.24) is 33.8 Å². The normalized spacial score (nSPS) is 7.00. The first kappa shape index (κ1) is 134. The van der Waals surface area contributed by atoms with Crippen LogP contribution in [0.1, 0.15) is 173 Å². The Morgan fingerprint density at radius 1 is 0.375 bits per heavy atom. The molecular formula is C74H153N7O12S3. The number of aryl methyl sites for hydroxylation is 2. The van der Waals surface area contributed by atoms with Gasteiger partial charge in [-0.1, -0.05) is 134 Å². The van der Waals surface area contributed by atoms with Crippen LogP contribution in [0.5, 0.6) is 0 Å². The third kappa shape index (κ3) is 277. The molecule has 19 nitrogen and oxygen atoms in total. The summed E-state index contributed by atoms with van der Waals surface area (Å²) in [4.78, 5) is 7.30. The average molecular weight is 1430 g/mol. The minimum absolute atomic E-state index is 0.552. The molecule has 8 heterocycles. The summed E-state index contributed by atoms with van der Waals surface area (Å²) in [6.45, 7) is 56.6. The summed E-state index contributed by atoms with van der Waals surface area (Å²) < 4.78 is 61.8. The first-order valence-electron chi connectivity index (χ1n) is 33.1. The lowest BCUT2D eigenvalue weighted by molar-refractivity contribution is 0.215. The lowest BCUT2D eigenvalue weighted by Gasteiger charge is -1.79. The number of ether oxygens (including phenoxy) is 9. The molecule has 0 bridgehead atoms. The molecule has 0 fully saturated rings. The van der Waals surface area contributed by atoms with E-state index in [-0.39, 0.29) is 0 Å². The Morgan fingerprint density at radius 2 is 0.781 bits per heavy atom. The van der Waals surface area contributed by atoms with E-state index in [4.69, 9.17) is 0 Å². The lowest BCUT2D eigenvalue weighted by atomic mass is 10.6. The summed E-state index contributed by atoms with van der Waals surface area (Å²) in [5.74, 6) is 5.42. The molecular weight excluding hydrogens is 1280 g/mol. The number of hydrogen-bond donors (Lipinski definition) is 0. The van der Waals surface area contributed by atoms with E-state index in [1.54, 1.807) is 153 Å². The molecule has 0 radical (unpaired) electrons. The Bertz CT molecular complexity index is 1460. The lowest BCUT2D eigenvalue weighted by Crippen LogP contribution is -1.83. The number of hydrogen-bond acceptors (Lipinski definition) is 20. The minimum Gasteiger partial charge on any atom is -0.473 e. The standard InChI is InChI=1S/C5H7N.C5H8O.C4H6N2.C4H4O.C4H4S.2C3H3NO.2C3H3NS.8C3H8O.8C2H6/c1-6-4-2-3-5-6;1-3-4-5-6-2;1-6-4-2-3-5-6;2*1-2-4-5-3-1;1-2-5-3-4-1;1-2-4-5-3-1;1-2-5-3-4-1;1-2-4-5-3-1;8*1-3-4-2;8*1-2/h2-5H,1H3;5H2,1-2H3;2-4H,1H3;2*1-4H;4*1-3H;8*3H2,1-2H3;8*1-2H3. The molecule has 0 spiro atoms. The topological polar surface area (TPSA) is 197 Å². The van der Waals surface area contributed by atoms with Crippen LogP contribution in [0.15, 0.2) is 176 Å². The highest BCUT2D eigenvalue weighted by atomic mass is 32.1. The van der Waals surface area contributed by atoms with Gasteiger partial charge in [-0.2, -0.15) is 16.4 Å². The maximum absolute atomic E-state index is 4.61. The highest BCUT2D eigenvalue weighted by Crippen LogP contribution is 1.91. The van der Waals surface area contributed by atoms with Crippen LogP contribution in [-0.2, 0) is 56.7 Å². The van der Waals surface area contributed by atoms with Crippen molar-refractivity contribution in [3.63, 3.8) is 0 Å². The maximum atomic E-state index is 4.61. The smallest absolute Gasteiger partial charge is 0.180 e. The molecule has 0 aromatic carbocycles. The van der Waals surface area contributed by atoms with Gasteiger partial charge in [-0.05, 0) is 127 Å². The first-order valence-corrected chi connectivity index (χ1v) is 35.8. The van der Waals surface area contributed by atoms with Crippen molar-refractivity contribution in [2.75, 3.05) is 123 Å². The average Bonchev–Trinajstić information content (AvgIpc) is 4.67. The van der Waals surface area contributed by atoms with Crippen molar-refractivity contribution < 1.29 is 56.0 Å². The molecule has 0 N–H and O–H groups in total. The molecule has 0 atom stereocenters. The van der Waals surface area contributed by atoms with Gasteiger partial charge < -0.3 is 60.6 Å². The number of rotatable bonds is 9. The Hall–Kier alpha value is -5.65. The van der Waals surface area contributed by atoms with Gasteiger partial charge in [0, 0.05) is 179 Å². The predicted molar refractivity (Wildman–Crippen MR) is 425 cm³/mol. The van der Waals surface area contributed by atoms with Crippen LogP contribution in [0.4, 0.5) is 0 Å². The van der Waals surface area contributed by atoms with Crippen LogP contribution < -0.4 is 0 Å². The van der Waals surface area contributed by atoms with Gasteiger partial charge in [0.2, 0.25) is 0 Å². The highest BCUT2D eigenvalue weighted by molar-refractivity contribution is 7.07. The Labute approximate surface area is 605 Å². The van der Waals surface area contributed by atoms with E-state index in [2.05, 4.69) is 92.4 Å². The van der Waals surface area contributed by atoms with Crippen molar-refractivity contribution in [2.45, 2.75) is 173 Å². The van der Waals surface area contributed by atoms with E-state index >= 15 is 0 Å². The second-order valence-electron chi connectivity index (χ2n) is 12.3. The largest absolute Gasteiger partial charge is 0.473 e. The highest BCUT2D eigenvalue weighted by Gasteiger charge is 1.70. The zero-order valence-electron chi connectivity index (χ0n) is 68.2. The van der Waals surface area contributed by atoms with Crippen molar-refractivity contribution >= 4 is 34.2 Å². The van der Waals surface area contributed by atoms with E-state index in [1.807, 2.05) is 273 Å². The number of thiazole rings is 1. The summed E-state index contributed by atoms with van der Waals surface area (Å²) in [5.41, 5.74) is 1.79. The number of furan rings is 1. The number of thiophene rings is 1. The summed E-state index contributed by atoms with van der Waals surface area (Å²) in [5, 5.41) is 15.1. The first-order chi connectivity index (χ1) is 47.0. The van der Waals surface area contributed by atoms with Gasteiger partial charge in [0.15, 0.2) is 6.39 Å². The van der Waals surface area contributed by atoms with Gasteiger partial charge in [0.1, 0.15) is 19.1 Å². The van der Waals surface area contributed by atoms with Crippen LogP contribution in [0.25, 0.3) is 0 Å². The molecule has 0 aliphatic rings. The number of methoxy groups -OCH3 is 9. The van der Waals surface area contributed by atoms with Gasteiger partial charge in [-0.15, -0.1) is 17.3 Å². The fourth-order valence-electron chi connectivity index (χ4n) is 2.07. The van der Waals surface area contributed by atoms with Gasteiger partial charge in [0.25, 0.3) is 0 Å². The monoisotopic (exact) mass is 1430 g/mol. The van der Waals surface area contributed by atoms with Crippen LogP contribution >= 0.6 is 34.2 Å². The predicted octanol–water partition coefficient (Wildman–Crippen LogP) is 22.2. The summed E-state index contributed by atoms with van der Waals surface area (Å²) in [7, 11) is 19.0. The van der Waals surface area contributed by atoms with Gasteiger partial charge in [-0.3, -0.25) is 9.67 Å². The van der Waals surface area contributed by atoms with Crippen LogP contribution in [0.3, 0.4) is 0 Å². The fourth-order valence-corrected chi connectivity index (χ4v) is 3.22. The van der Waals surface area contributed by atoms with Gasteiger partial charge in [-0.25, -0.2) is 9.36 Å². The Balaban J connectivity index is -0.0000000455. The molecule has 8 aromatic rings. The summed E-state index contributed by atoms with van der Waals surface area (Å²) >= 11 is 4.78. The fraction of sp³-hybridized carbons (Fsp3) is 0.608. The second-order valence-corrected chi connectivity index (χ2v) is 14.6. The molecule has 0 aliphatic carbocycles. The van der Waals surface area contributed by atoms with Gasteiger partial charge in [0.05, 0.1) is 30.4 Å². The molecule has 0 saturated carbocycles. The molecule has 96 heavy (non-hydrogen) atoms.